The predicted molar refractivity (Wildman–Crippen MR) is 58.6 cm³/mol. The monoisotopic (exact) mass is 213 g/mol. The zero-order valence-corrected chi connectivity index (χ0v) is 9.01. The van der Waals surface area contributed by atoms with Crippen molar-refractivity contribution < 1.29 is 4.74 Å². The SMILES string of the molecule is COC1CCCC1Nc1cc(N)ns1. The summed E-state index contributed by atoms with van der Waals surface area (Å²) in [7, 11) is 1.77. The van der Waals surface area contributed by atoms with Crippen LogP contribution in [0.25, 0.3) is 0 Å². The Morgan fingerprint density at radius 1 is 1.64 bits per heavy atom. The molecule has 0 spiro atoms. The van der Waals surface area contributed by atoms with E-state index in [9.17, 15) is 0 Å². The molecule has 1 heterocycles. The van der Waals surface area contributed by atoms with Gasteiger partial charge in [-0.05, 0) is 30.8 Å². The Kier molecular flexibility index (Phi) is 2.88. The molecule has 0 aromatic carbocycles. The minimum atomic E-state index is 0.332. The van der Waals surface area contributed by atoms with Crippen LogP contribution in [0.5, 0.6) is 0 Å². The third-order valence-electron chi connectivity index (χ3n) is 2.61. The average Bonchev–Trinajstić information content (AvgIpc) is 2.76. The maximum Gasteiger partial charge on any atom is 0.139 e. The van der Waals surface area contributed by atoms with E-state index in [0.717, 1.165) is 17.8 Å². The van der Waals surface area contributed by atoms with Crippen molar-refractivity contribution >= 4 is 22.4 Å². The van der Waals surface area contributed by atoms with Gasteiger partial charge in [-0.1, -0.05) is 0 Å². The Bertz CT molecular complexity index is 302. The van der Waals surface area contributed by atoms with Gasteiger partial charge in [0.1, 0.15) is 10.8 Å². The highest BCUT2D eigenvalue weighted by Gasteiger charge is 2.27. The van der Waals surface area contributed by atoms with Crippen LogP contribution < -0.4 is 11.1 Å². The number of rotatable bonds is 3. The van der Waals surface area contributed by atoms with Gasteiger partial charge in [-0.2, -0.15) is 4.37 Å². The van der Waals surface area contributed by atoms with Gasteiger partial charge in [-0.25, -0.2) is 0 Å². The number of nitrogens with zero attached hydrogens (tertiary/aromatic N) is 1. The van der Waals surface area contributed by atoms with Crippen molar-refractivity contribution in [2.45, 2.75) is 31.4 Å². The highest BCUT2D eigenvalue weighted by atomic mass is 32.1. The van der Waals surface area contributed by atoms with Crippen LogP contribution in [-0.2, 0) is 4.74 Å². The van der Waals surface area contributed by atoms with Gasteiger partial charge in [0.25, 0.3) is 0 Å². The van der Waals surface area contributed by atoms with Crippen LogP contribution >= 0.6 is 11.5 Å². The highest BCUT2D eigenvalue weighted by Crippen LogP contribution is 2.27. The molecule has 1 aliphatic rings. The van der Waals surface area contributed by atoms with E-state index in [1.54, 1.807) is 7.11 Å². The van der Waals surface area contributed by atoms with Crippen molar-refractivity contribution in [3.63, 3.8) is 0 Å². The quantitative estimate of drug-likeness (QED) is 0.802. The highest BCUT2D eigenvalue weighted by molar-refractivity contribution is 7.10. The molecule has 2 atom stereocenters. The molecular weight excluding hydrogens is 198 g/mol. The molecule has 1 aromatic heterocycles. The van der Waals surface area contributed by atoms with Crippen LogP contribution in [0, 0.1) is 0 Å². The van der Waals surface area contributed by atoms with Crippen molar-refractivity contribution in [2.75, 3.05) is 18.2 Å². The molecular formula is C9H15N3OS. The Balaban J connectivity index is 1.96. The summed E-state index contributed by atoms with van der Waals surface area (Å²) in [6.07, 6.45) is 3.86. The fourth-order valence-electron chi connectivity index (χ4n) is 1.91. The minimum Gasteiger partial charge on any atom is -0.383 e. The molecule has 1 saturated carbocycles. The molecule has 1 aliphatic carbocycles. The van der Waals surface area contributed by atoms with E-state index in [0.29, 0.717) is 18.0 Å². The van der Waals surface area contributed by atoms with Crippen LogP contribution in [0.15, 0.2) is 6.07 Å². The lowest BCUT2D eigenvalue weighted by Crippen LogP contribution is -2.29. The van der Waals surface area contributed by atoms with Gasteiger partial charge < -0.3 is 15.8 Å². The van der Waals surface area contributed by atoms with Crippen molar-refractivity contribution in [1.82, 2.24) is 4.37 Å². The molecule has 3 N–H and O–H groups in total. The fourth-order valence-corrected chi connectivity index (χ4v) is 2.55. The van der Waals surface area contributed by atoms with Gasteiger partial charge in [0.05, 0.1) is 12.1 Å². The second-order valence-corrected chi connectivity index (χ2v) is 4.38. The van der Waals surface area contributed by atoms with E-state index in [1.165, 1.54) is 18.0 Å². The molecule has 0 bridgehead atoms. The van der Waals surface area contributed by atoms with Crippen molar-refractivity contribution in [2.24, 2.45) is 0 Å². The molecule has 1 fully saturated rings. The maximum absolute atomic E-state index is 5.55. The molecule has 2 unspecified atom stereocenters. The molecule has 1 aromatic rings. The fraction of sp³-hybridized carbons (Fsp3) is 0.667. The van der Waals surface area contributed by atoms with E-state index >= 15 is 0 Å². The number of nitrogens with two attached hydrogens (primary N) is 1. The first-order valence-electron chi connectivity index (χ1n) is 4.81. The molecule has 0 aliphatic heterocycles. The summed E-state index contributed by atoms with van der Waals surface area (Å²) in [5.74, 6) is 0.587. The molecule has 2 rings (SSSR count). The van der Waals surface area contributed by atoms with Crippen molar-refractivity contribution in [3.05, 3.63) is 6.07 Å². The first-order valence-corrected chi connectivity index (χ1v) is 5.58. The van der Waals surface area contributed by atoms with Crippen molar-refractivity contribution in [3.8, 4) is 0 Å². The zero-order valence-electron chi connectivity index (χ0n) is 8.19. The van der Waals surface area contributed by atoms with E-state index in [-0.39, 0.29) is 0 Å². The molecule has 0 saturated heterocycles. The third-order valence-corrected chi connectivity index (χ3v) is 3.35. The van der Waals surface area contributed by atoms with Gasteiger partial charge in [0.2, 0.25) is 0 Å². The lowest BCUT2D eigenvalue weighted by molar-refractivity contribution is 0.101. The largest absolute Gasteiger partial charge is 0.383 e. The van der Waals surface area contributed by atoms with Gasteiger partial charge in [-0.3, -0.25) is 0 Å². The van der Waals surface area contributed by atoms with Gasteiger partial charge >= 0.3 is 0 Å². The number of anilines is 2. The summed E-state index contributed by atoms with van der Waals surface area (Å²) in [6.45, 7) is 0. The normalized spacial score (nSPS) is 26.6. The second-order valence-electron chi connectivity index (χ2n) is 3.57. The third kappa shape index (κ3) is 1.99. The van der Waals surface area contributed by atoms with E-state index in [4.69, 9.17) is 10.5 Å². The Morgan fingerprint density at radius 3 is 3.14 bits per heavy atom. The van der Waals surface area contributed by atoms with Crippen molar-refractivity contribution in [1.29, 1.82) is 0 Å². The lowest BCUT2D eigenvalue weighted by Gasteiger charge is -2.19. The van der Waals surface area contributed by atoms with Crippen LogP contribution in [-0.4, -0.2) is 23.6 Å². The Morgan fingerprint density at radius 2 is 2.50 bits per heavy atom. The smallest absolute Gasteiger partial charge is 0.139 e. The summed E-state index contributed by atoms with van der Waals surface area (Å²) in [4.78, 5) is 0. The van der Waals surface area contributed by atoms with E-state index in [1.807, 2.05) is 6.07 Å². The number of methoxy groups -OCH3 is 1. The number of nitrogens with one attached hydrogen (secondary N) is 1. The van der Waals surface area contributed by atoms with E-state index in [2.05, 4.69) is 9.69 Å². The molecule has 4 nitrogen and oxygen atoms in total. The Hall–Kier alpha value is -0.810. The van der Waals surface area contributed by atoms with E-state index < -0.39 is 0 Å². The summed E-state index contributed by atoms with van der Waals surface area (Å²) in [6, 6.07) is 2.29. The van der Waals surface area contributed by atoms with Gasteiger partial charge in [-0.15, -0.1) is 0 Å². The first kappa shape index (κ1) is 9.73. The lowest BCUT2D eigenvalue weighted by atomic mass is 10.2. The van der Waals surface area contributed by atoms with Crippen LogP contribution in [0.4, 0.5) is 10.8 Å². The summed E-state index contributed by atoms with van der Waals surface area (Å²) < 4.78 is 9.42. The maximum atomic E-state index is 5.55. The predicted octanol–water partition coefficient (Wildman–Crippen LogP) is 1.70. The molecule has 0 radical (unpaired) electrons. The van der Waals surface area contributed by atoms with Crippen LogP contribution in [0.1, 0.15) is 19.3 Å². The summed E-state index contributed by atoms with van der Waals surface area (Å²) in [5.41, 5.74) is 5.55. The standard InChI is InChI=1S/C9H15N3OS/c1-13-7-4-2-3-6(7)11-9-5-8(10)12-14-9/h5-7,11H,2-4H2,1H3,(H2,10,12). The molecule has 5 heteroatoms. The number of ether oxygens (including phenoxy) is 1. The second kappa shape index (κ2) is 4.14. The first-order chi connectivity index (χ1) is 6.79. The molecule has 0 amide bonds. The van der Waals surface area contributed by atoms with Crippen LogP contribution in [0.3, 0.4) is 0 Å². The number of aromatic nitrogens is 1. The average molecular weight is 213 g/mol. The van der Waals surface area contributed by atoms with Crippen LogP contribution in [0.2, 0.25) is 0 Å². The Labute approximate surface area is 87.6 Å². The number of hydrogen-bond acceptors (Lipinski definition) is 5. The topological polar surface area (TPSA) is 60.2 Å². The molecule has 14 heavy (non-hydrogen) atoms. The summed E-state index contributed by atoms with van der Waals surface area (Å²) >= 11 is 1.41. The molecule has 78 valence electrons. The zero-order chi connectivity index (χ0) is 9.97. The number of nitrogen functional groups attached to an aromatic ring is 1. The number of hydrogen-bond donors (Lipinski definition) is 2. The van der Waals surface area contributed by atoms with Gasteiger partial charge in [0.15, 0.2) is 0 Å². The minimum absolute atomic E-state index is 0.332. The van der Waals surface area contributed by atoms with Gasteiger partial charge in [0, 0.05) is 13.2 Å². The summed E-state index contributed by atoms with van der Waals surface area (Å²) in [5, 5.41) is 4.45.